The molecule has 0 saturated carbocycles. The molecule has 0 aliphatic rings. The average Bonchev–Trinajstić information content (AvgIpc) is 2.59. The maximum absolute atomic E-state index is 12.1. The van der Waals surface area contributed by atoms with E-state index in [-0.39, 0.29) is 35.4 Å². The molecule has 148 valence electrons. The minimum Gasteiger partial charge on any atom is -0.325 e. The van der Waals surface area contributed by atoms with Gasteiger partial charge in [0.1, 0.15) is 0 Å². The lowest BCUT2D eigenvalue weighted by Gasteiger charge is -2.16. The molecule has 28 heavy (non-hydrogen) atoms. The van der Waals surface area contributed by atoms with E-state index in [1.165, 1.54) is 23.1 Å². The summed E-state index contributed by atoms with van der Waals surface area (Å²) < 4.78 is 0. The first kappa shape index (κ1) is 21.9. The lowest BCUT2D eigenvalue weighted by atomic mass is 10.3. The lowest BCUT2D eigenvalue weighted by Crippen LogP contribution is -2.36. The van der Waals surface area contributed by atoms with Crippen LogP contribution in [0.15, 0.2) is 36.4 Å². The number of anilines is 2. The molecule has 2 aromatic rings. The number of non-ortho nitro benzene ring substituents is 1. The Morgan fingerprint density at radius 3 is 2.18 bits per heavy atom. The molecule has 11 heteroatoms. The van der Waals surface area contributed by atoms with E-state index >= 15 is 0 Å². The van der Waals surface area contributed by atoms with Gasteiger partial charge in [-0.15, -0.1) is 0 Å². The number of nitro benzene ring substituents is 1. The van der Waals surface area contributed by atoms with E-state index in [4.69, 9.17) is 34.8 Å². The minimum atomic E-state index is -0.586. The van der Waals surface area contributed by atoms with Crippen LogP contribution in [0.2, 0.25) is 15.1 Å². The number of hydrogen-bond acceptors (Lipinski definition) is 5. The number of nitro groups is 1. The Bertz CT molecular complexity index is 923. The number of carbonyl (C=O) groups is 2. The van der Waals surface area contributed by atoms with Gasteiger partial charge in [0.15, 0.2) is 0 Å². The van der Waals surface area contributed by atoms with Gasteiger partial charge in [0.2, 0.25) is 11.8 Å². The zero-order valence-electron chi connectivity index (χ0n) is 14.5. The van der Waals surface area contributed by atoms with Gasteiger partial charge >= 0.3 is 0 Å². The molecule has 0 fully saturated rings. The van der Waals surface area contributed by atoms with Crippen LogP contribution in [0, 0.1) is 10.1 Å². The summed E-state index contributed by atoms with van der Waals surface area (Å²) in [6, 6.07) is 8.40. The van der Waals surface area contributed by atoms with Crippen LogP contribution in [0.5, 0.6) is 0 Å². The molecule has 2 rings (SSSR count). The molecule has 2 amide bonds. The molecular weight excluding hydrogens is 431 g/mol. The summed E-state index contributed by atoms with van der Waals surface area (Å²) in [6.45, 7) is -0.149. The smallest absolute Gasteiger partial charge is 0.271 e. The molecule has 2 N–H and O–H groups in total. The van der Waals surface area contributed by atoms with Gasteiger partial charge in [0.25, 0.3) is 5.69 Å². The van der Waals surface area contributed by atoms with Crippen LogP contribution in [0.1, 0.15) is 0 Å². The van der Waals surface area contributed by atoms with Gasteiger partial charge in [-0.3, -0.25) is 24.6 Å². The van der Waals surface area contributed by atoms with Gasteiger partial charge < -0.3 is 10.6 Å². The molecule has 0 atom stereocenters. The van der Waals surface area contributed by atoms with Crippen LogP contribution in [-0.2, 0) is 9.59 Å². The molecule has 0 heterocycles. The maximum atomic E-state index is 12.1. The molecule has 0 aromatic heterocycles. The Hall–Kier alpha value is -2.39. The first-order valence-corrected chi connectivity index (χ1v) is 8.96. The van der Waals surface area contributed by atoms with Crippen molar-refractivity contribution in [3.05, 3.63) is 61.6 Å². The number of carbonyl (C=O) groups excluding carboxylic acids is 2. The van der Waals surface area contributed by atoms with Gasteiger partial charge in [0, 0.05) is 17.8 Å². The van der Waals surface area contributed by atoms with Crippen LogP contribution < -0.4 is 10.6 Å². The second kappa shape index (κ2) is 9.70. The standard InChI is InChI=1S/C17H15Cl3N4O4/c1-23(8-16(25)21-10-2-4-12(18)13(19)6-10)9-17(26)22-15-5-3-11(24(27)28)7-14(15)20/h2-7H,8-9H2,1H3,(H,21,25)(H,22,26). The highest BCUT2D eigenvalue weighted by atomic mass is 35.5. The maximum Gasteiger partial charge on any atom is 0.271 e. The van der Waals surface area contributed by atoms with E-state index in [0.29, 0.717) is 15.7 Å². The average molecular weight is 446 g/mol. The Labute approximate surface area is 175 Å². The van der Waals surface area contributed by atoms with Crippen LogP contribution in [0.3, 0.4) is 0 Å². The third-order valence-corrected chi connectivity index (χ3v) is 4.52. The number of amides is 2. The number of likely N-dealkylation sites (N-methyl/N-ethyl adjacent to an activating group) is 1. The SMILES string of the molecule is CN(CC(=O)Nc1ccc(Cl)c(Cl)c1)CC(=O)Nc1ccc([N+](=O)[O-])cc1Cl. The number of nitrogens with zero attached hydrogens (tertiary/aromatic N) is 2. The number of nitrogens with one attached hydrogen (secondary N) is 2. The van der Waals surface area contributed by atoms with Gasteiger partial charge in [-0.1, -0.05) is 34.8 Å². The van der Waals surface area contributed by atoms with Crippen molar-refractivity contribution in [2.45, 2.75) is 0 Å². The highest BCUT2D eigenvalue weighted by molar-refractivity contribution is 6.42. The molecule has 0 radical (unpaired) electrons. The van der Waals surface area contributed by atoms with Crippen LogP contribution >= 0.6 is 34.8 Å². The Kier molecular flexibility index (Phi) is 7.59. The monoisotopic (exact) mass is 444 g/mol. The summed E-state index contributed by atoms with van der Waals surface area (Å²) in [6.07, 6.45) is 0. The Morgan fingerprint density at radius 2 is 1.61 bits per heavy atom. The largest absolute Gasteiger partial charge is 0.325 e. The van der Waals surface area contributed by atoms with E-state index in [1.807, 2.05) is 0 Å². The fraction of sp³-hybridized carbons (Fsp3) is 0.176. The number of hydrogen-bond donors (Lipinski definition) is 2. The van der Waals surface area contributed by atoms with E-state index in [1.54, 1.807) is 19.2 Å². The minimum absolute atomic E-state index is 0.0440. The molecule has 8 nitrogen and oxygen atoms in total. The van der Waals surface area contributed by atoms with Crippen molar-refractivity contribution in [3.8, 4) is 0 Å². The summed E-state index contributed by atoms with van der Waals surface area (Å²) in [4.78, 5) is 35.8. The molecule has 0 unspecified atom stereocenters. The molecule has 0 aliphatic heterocycles. The molecule has 2 aromatic carbocycles. The van der Waals surface area contributed by atoms with E-state index < -0.39 is 10.8 Å². The van der Waals surface area contributed by atoms with Crippen LogP contribution in [-0.4, -0.2) is 41.8 Å². The summed E-state index contributed by atoms with van der Waals surface area (Å²) in [5.74, 6) is -0.775. The van der Waals surface area contributed by atoms with Crippen LogP contribution in [0.4, 0.5) is 17.1 Å². The van der Waals surface area contributed by atoms with E-state index in [9.17, 15) is 19.7 Å². The van der Waals surface area contributed by atoms with Crippen molar-refractivity contribution >= 4 is 63.7 Å². The van der Waals surface area contributed by atoms with Crippen molar-refractivity contribution in [3.63, 3.8) is 0 Å². The number of benzene rings is 2. The summed E-state index contributed by atoms with van der Waals surface area (Å²) in [5.41, 5.74) is 0.542. The molecule has 0 spiro atoms. The molecule has 0 bridgehead atoms. The lowest BCUT2D eigenvalue weighted by molar-refractivity contribution is -0.384. The summed E-state index contributed by atoms with van der Waals surface area (Å²) >= 11 is 17.6. The molecule has 0 saturated heterocycles. The summed E-state index contributed by atoms with van der Waals surface area (Å²) in [7, 11) is 1.59. The van der Waals surface area contributed by atoms with Gasteiger partial charge in [-0.25, -0.2) is 0 Å². The Balaban J connectivity index is 1.87. The third kappa shape index (κ3) is 6.35. The normalized spacial score (nSPS) is 10.6. The zero-order valence-corrected chi connectivity index (χ0v) is 16.8. The van der Waals surface area contributed by atoms with Crippen molar-refractivity contribution in [1.29, 1.82) is 0 Å². The number of rotatable bonds is 7. The van der Waals surface area contributed by atoms with Gasteiger partial charge in [-0.2, -0.15) is 0 Å². The topological polar surface area (TPSA) is 105 Å². The van der Waals surface area contributed by atoms with Gasteiger partial charge in [-0.05, 0) is 31.3 Å². The zero-order chi connectivity index (χ0) is 20.8. The first-order valence-electron chi connectivity index (χ1n) is 7.83. The predicted molar refractivity (Wildman–Crippen MR) is 109 cm³/mol. The highest BCUT2D eigenvalue weighted by Crippen LogP contribution is 2.27. The van der Waals surface area contributed by atoms with Crippen molar-refractivity contribution < 1.29 is 14.5 Å². The van der Waals surface area contributed by atoms with Crippen molar-refractivity contribution in [2.75, 3.05) is 30.8 Å². The second-order valence-corrected chi connectivity index (χ2v) is 7.04. The molecular formula is C17H15Cl3N4O4. The van der Waals surface area contributed by atoms with Crippen LogP contribution in [0.25, 0.3) is 0 Å². The van der Waals surface area contributed by atoms with E-state index in [0.717, 1.165) is 6.07 Å². The number of halogens is 3. The summed E-state index contributed by atoms with van der Waals surface area (Å²) in [5, 5.41) is 16.6. The fourth-order valence-corrected chi connectivity index (χ4v) is 2.75. The molecule has 0 aliphatic carbocycles. The fourth-order valence-electron chi connectivity index (χ4n) is 2.23. The van der Waals surface area contributed by atoms with Gasteiger partial charge in [0.05, 0.1) is 38.8 Å². The van der Waals surface area contributed by atoms with Crippen molar-refractivity contribution in [1.82, 2.24) is 4.90 Å². The predicted octanol–water partition coefficient (Wildman–Crippen LogP) is 4.06. The third-order valence-electron chi connectivity index (χ3n) is 3.47. The Morgan fingerprint density at radius 1 is 0.964 bits per heavy atom. The quantitative estimate of drug-likeness (QED) is 0.494. The second-order valence-electron chi connectivity index (χ2n) is 5.82. The van der Waals surface area contributed by atoms with Crippen molar-refractivity contribution in [2.24, 2.45) is 0 Å². The highest BCUT2D eigenvalue weighted by Gasteiger charge is 2.14. The van der Waals surface area contributed by atoms with E-state index in [2.05, 4.69) is 10.6 Å². The first-order chi connectivity index (χ1) is 13.2.